The zero-order chi connectivity index (χ0) is 46.9. The summed E-state index contributed by atoms with van der Waals surface area (Å²) in [4.78, 5) is 5.02. The molecule has 0 N–H and O–H groups in total. The van der Waals surface area contributed by atoms with Gasteiger partial charge in [0.15, 0.2) is 0 Å². The number of hydrogen-bond donors (Lipinski definition) is 0. The second-order valence-electron chi connectivity index (χ2n) is 20.4. The number of benzene rings is 12. The Morgan fingerprint density at radius 1 is 0.257 bits per heavy atom. The molecule has 2 aliphatic rings. The van der Waals surface area contributed by atoms with E-state index in [2.05, 4.69) is 268 Å². The standard InChI is InChI=1S/C68H50N2/c1-67(2)57-28-11-15-32-61(57)69(62-33-16-12-29-58(62)67)45-37-39-53-55(41-45)65(51-27-19-22-43-20-5-7-23-47(43)51)52-38-36-46(70-63-34-17-13-30-59(63)68(3,4)60-31-14-18-35-64(60)70)42-56(52)66(53)54-40-44-21-6-8-24-48(44)49-25-9-10-26-50(49)54/h5-42H,1-4H3. The third-order valence-corrected chi connectivity index (χ3v) is 16.0. The first-order chi connectivity index (χ1) is 34.3. The van der Waals surface area contributed by atoms with Gasteiger partial charge in [-0.3, -0.25) is 0 Å². The summed E-state index contributed by atoms with van der Waals surface area (Å²) in [5, 5.41) is 12.3. The maximum Gasteiger partial charge on any atom is 0.0502 e. The Bertz CT molecular complexity index is 4050. The van der Waals surface area contributed by atoms with Crippen molar-refractivity contribution in [1.29, 1.82) is 0 Å². The van der Waals surface area contributed by atoms with E-state index >= 15 is 0 Å². The highest BCUT2D eigenvalue weighted by atomic mass is 15.2. The Morgan fingerprint density at radius 2 is 0.643 bits per heavy atom. The molecule has 0 saturated heterocycles. The van der Waals surface area contributed by atoms with E-state index in [9.17, 15) is 0 Å². The van der Waals surface area contributed by atoms with Gasteiger partial charge in [-0.25, -0.2) is 0 Å². The Kier molecular flexibility index (Phi) is 8.71. The van der Waals surface area contributed by atoms with Gasteiger partial charge < -0.3 is 9.80 Å². The molecular weight excluding hydrogens is 845 g/mol. The highest BCUT2D eigenvalue weighted by Gasteiger charge is 2.38. The van der Waals surface area contributed by atoms with Gasteiger partial charge in [0, 0.05) is 22.2 Å². The summed E-state index contributed by atoms with van der Waals surface area (Å²) in [6.07, 6.45) is 0. The van der Waals surface area contributed by atoms with E-state index in [1.807, 2.05) is 0 Å². The first kappa shape index (κ1) is 40.6. The quantitative estimate of drug-likeness (QED) is 0.128. The molecule has 2 heteroatoms. The highest BCUT2D eigenvalue weighted by molar-refractivity contribution is 6.28. The molecule has 0 unspecified atom stereocenters. The maximum absolute atomic E-state index is 2.51. The molecule has 0 amide bonds. The minimum atomic E-state index is -0.170. The van der Waals surface area contributed by atoms with Crippen molar-refractivity contribution in [2.45, 2.75) is 38.5 Å². The number of fused-ring (bicyclic) bond motifs is 10. The summed E-state index contributed by atoms with van der Waals surface area (Å²) in [5.41, 5.74) is 17.0. The van der Waals surface area contributed by atoms with Gasteiger partial charge >= 0.3 is 0 Å². The van der Waals surface area contributed by atoms with E-state index in [1.165, 1.54) is 121 Å². The van der Waals surface area contributed by atoms with E-state index in [-0.39, 0.29) is 10.8 Å². The number of rotatable bonds is 4. The van der Waals surface area contributed by atoms with Crippen LogP contribution in [0.3, 0.4) is 0 Å². The predicted molar refractivity (Wildman–Crippen MR) is 298 cm³/mol. The molecule has 332 valence electrons. The fraction of sp³-hybridized carbons (Fsp3) is 0.0882. The van der Waals surface area contributed by atoms with Crippen molar-refractivity contribution in [1.82, 2.24) is 0 Å². The van der Waals surface area contributed by atoms with Crippen LogP contribution in [0.2, 0.25) is 0 Å². The average molecular weight is 895 g/mol. The third kappa shape index (κ3) is 5.74. The van der Waals surface area contributed by atoms with E-state index in [4.69, 9.17) is 0 Å². The number of hydrogen-bond acceptors (Lipinski definition) is 2. The van der Waals surface area contributed by atoms with E-state index in [0.717, 1.165) is 11.4 Å². The van der Waals surface area contributed by atoms with E-state index in [1.54, 1.807) is 0 Å². The van der Waals surface area contributed by atoms with Crippen LogP contribution in [-0.2, 0) is 10.8 Å². The number of nitrogens with zero attached hydrogens (tertiary/aromatic N) is 2. The van der Waals surface area contributed by atoms with Crippen LogP contribution < -0.4 is 9.80 Å². The van der Waals surface area contributed by atoms with Crippen molar-refractivity contribution >= 4 is 88.0 Å². The summed E-state index contributed by atoms with van der Waals surface area (Å²) in [6, 6.07) is 86.7. The summed E-state index contributed by atoms with van der Waals surface area (Å²) in [5.74, 6) is 0. The van der Waals surface area contributed by atoms with Gasteiger partial charge in [-0.15, -0.1) is 0 Å². The number of para-hydroxylation sites is 4. The molecule has 0 bridgehead atoms. The lowest BCUT2D eigenvalue weighted by Gasteiger charge is -2.42. The first-order valence-corrected chi connectivity index (χ1v) is 24.7. The molecule has 0 atom stereocenters. The minimum absolute atomic E-state index is 0.169. The largest absolute Gasteiger partial charge is 0.310 e. The Hall–Kier alpha value is -8.46. The van der Waals surface area contributed by atoms with Crippen molar-refractivity contribution in [3.63, 3.8) is 0 Å². The van der Waals surface area contributed by atoms with Crippen LogP contribution in [0, 0.1) is 0 Å². The Labute approximate surface area is 409 Å². The third-order valence-electron chi connectivity index (χ3n) is 16.0. The first-order valence-electron chi connectivity index (χ1n) is 24.7. The molecule has 0 radical (unpaired) electrons. The average Bonchev–Trinajstić information content (AvgIpc) is 3.40. The second kappa shape index (κ2) is 15.0. The van der Waals surface area contributed by atoms with Gasteiger partial charge in [-0.05, 0) is 153 Å². The molecule has 0 spiro atoms. The summed E-state index contributed by atoms with van der Waals surface area (Å²) in [6.45, 7) is 9.46. The minimum Gasteiger partial charge on any atom is -0.310 e. The van der Waals surface area contributed by atoms with Crippen LogP contribution in [0.25, 0.3) is 76.1 Å². The predicted octanol–water partition coefficient (Wildman–Crippen LogP) is 19.0. The normalized spacial score (nSPS) is 14.5. The molecule has 2 aliphatic heterocycles. The molecule has 12 aromatic carbocycles. The van der Waals surface area contributed by atoms with Crippen molar-refractivity contribution in [3.8, 4) is 22.3 Å². The monoisotopic (exact) mass is 894 g/mol. The van der Waals surface area contributed by atoms with Crippen LogP contribution in [0.5, 0.6) is 0 Å². The fourth-order valence-electron chi connectivity index (χ4n) is 12.7. The van der Waals surface area contributed by atoms with Gasteiger partial charge in [0.1, 0.15) is 0 Å². The molecule has 12 aromatic rings. The molecule has 0 fully saturated rings. The van der Waals surface area contributed by atoms with E-state index in [0.29, 0.717) is 0 Å². The topological polar surface area (TPSA) is 6.48 Å². The fourth-order valence-corrected chi connectivity index (χ4v) is 12.7. The smallest absolute Gasteiger partial charge is 0.0502 e. The zero-order valence-electron chi connectivity index (χ0n) is 39.8. The Balaban J connectivity index is 1.15. The highest BCUT2D eigenvalue weighted by Crippen LogP contribution is 2.56. The molecular formula is C68H50N2. The molecule has 0 aliphatic carbocycles. The van der Waals surface area contributed by atoms with Gasteiger partial charge in [-0.1, -0.05) is 204 Å². The lowest BCUT2D eigenvalue weighted by molar-refractivity contribution is 0.632. The van der Waals surface area contributed by atoms with Crippen LogP contribution in [0.1, 0.15) is 49.9 Å². The molecule has 2 nitrogen and oxygen atoms in total. The lowest BCUT2D eigenvalue weighted by atomic mass is 9.73. The van der Waals surface area contributed by atoms with Crippen molar-refractivity contribution in [2.75, 3.05) is 9.80 Å². The molecule has 0 saturated carbocycles. The zero-order valence-corrected chi connectivity index (χ0v) is 39.8. The van der Waals surface area contributed by atoms with Crippen molar-refractivity contribution in [3.05, 3.63) is 253 Å². The summed E-state index contributed by atoms with van der Waals surface area (Å²) in [7, 11) is 0. The van der Waals surface area contributed by atoms with Crippen LogP contribution in [0.4, 0.5) is 34.1 Å². The van der Waals surface area contributed by atoms with Crippen LogP contribution in [-0.4, -0.2) is 0 Å². The van der Waals surface area contributed by atoms with Gasteiger partial charge in [-0.2, -0.15) is 0 Å². The van der Waals surface area contributed by atoms with Crippen molar-refractivity contribution in [2.24, 2.45) is 0 Å². The Morgan fingerprint density at radius 3 is 1.16 bits per heavy atom. The maximum atomic E-state index is 2.51. The summed E-state index contributed by atoms with van der Waals surface area (Å²) >= 11 is 0. The molecule has 0 aromatic heterocycles. The SMILES string of the molecule is CC1(C)c2ccccc2N(c2ccc3c(-c4cc5ccccc5c5ccccc45)c4cc(N5c6ccccc6C(C)(C)c6ccccc65)ccc4c(-c4cccc5ccccc45)c3c2)c2ccccc21. The van der Waals surface area contributed by atoms with Crippen molar-refractivity contribution < 1.29 is 0 Å². The van der Waals surface area contributed by atoms with Gasteiger partial charge in [0.2, 0.25) is 0 Å². The van der Waals surface area contributed by atoms with Gasteiger partial charge in [0.25, 0.3) is 0 Å². The molecule has 2 heterocycles. The number of anilines is 6. The van der Waals surface area contributed by atoms with Crippen LogP contribution >= 0.6 is 0 Å². The van der Waals surface area contributed by atoms with E-state index < -0.39 is 0 Å². The van der Waals surface area contributed by atoms with Gasteiger partial charge in [0.05, 0.1) is 22.7 Å². The summed E-state index contributed by atoms with van der Waals surface area (Å²) < 4.78 is 0. The van der Waals surface area contributed by atoms with Crippen LogP contribution in [0.15, 0.2) is 231 Å². The molecule has 70 heavy (non-hydrogen) atoms. The lowest BCUT2D eigenvalue weighted by Crippen LogP contribution is -2.30. The molecule has 14 rings (SSSR count). The second-order valence-corrected chi connectivity index (χ2v) is 20.4.